The molecule has 6 aromatic carbocycles. The molecule has 0 aliphatic rings. The predicted octanol–water partition coefficient (Wildman–Crippen LogP) is 13.1. The minimum absolute atomic E-state index is 0.410. The SMILES string of the molecule is COc1cc(-c2cccc(Cl)c2)c(Cl)cc1I.COc1ccc(Cl)c(-c2cccc(Cl)c2)c1.COc1ccc(Cl)c(Br)c1.OB(O)c1cccc(Cl)c1. The van der Waals surface area contributed by atoms with E-state index in [1.165, 1.54) is 6.07 Å². The molecule has 0 aromatic heterocycles. The first-order valence-corrected chi connectivity index (χ1v) is 19.4. The molecule has 276 valence electrons. The molecule has 0 spiro atoms. The van der Waals surface area contributed by atoms with Crippen molar-refractivity contribution >= 4 is 121 Å². The average molecular weight is 1010 g/mol. The fourth-order valence-electron chi connectivity index (χ4n) is 4.34. The highest BCUT2D eigenvalue weighted by molar-refractivity contribution is 14.1. The third-order valence-corrected chi connectivity index (χ3v) is 10.4. The van der Waals surface area contributed by atoms with Crippen molar-refractivity contribution in [2.75, 3.05) is 21.3 Å². The van der Waals surface area contributed by atoms with E-state index in [4.69, 9.17) is 93.9 Å². The van der Waals surface area contributed by atoms with Crippen LogP contribution in [0.3, 0.4) is 0 Å². The van der Waals surface area contributed by atoms with Crippen molar-refractivity contribution in [2.45, 2.75) is 0 Å². The van der Waals surface area contributed by atoms with Crippen LogP contribution in [0.2, 0.25) is 30.1 Å². The molecule has 0 bridgehead atoms. The molecular weight excluding hydrogens is 979 g/mol. The van der Waals surface area contributed by atoms with Crippen LogP contribution >= 0.6 is 108 Å². The van der Waals surface area contributed by atoms with Crippen LogP contribution < -0.4 is 19.7 Å². The third kappa shape index (κ3) is 14.7. The van der Waals surface area contributed by atoms with Crippen molar-refractivity contribution in [1.29, 1.82) is 0 Å². The molecule has 2 N–H and O–H groups in total. The Morgan fingerprint density at radius 1 is 0.528 bits per heavy atom. The minimum Gasteiger partial charge on any atom is -0.497 e. The smallest absolute Gasteiger partial charge is 0.488 e. The van der Waals surface area contributed by atoms with Crippen LogP contribution in [0.15, 0.2) is 126 Å². The van der Waals surface area contributed by atoms with Gasteiger partial charge in [0, 0.05) is 40.7 Å². The highest BCUT2D eigenvalue weighted by Crippen LogP contribution is 2.36. The van der Waals surface area contributed by atoms with E-state index >= 15 is 0 Å². The summed E-state index contributed by atoms with van der Waals surface area (Å²) in [4.78, 5) is 0. The van der Waals surface area contributed by atoms with Gasteiger partial charge in [-0.05, 0) is 140 Å². The Labute approximate surface area is 362 Å². The van der Waals surface area contributed by atoms with Crippen LogP contribution in [0, 0.1) is 3.57 Å². The van der Waals surface area contributed by atoms with Crippen LogP contribution in [0.5, 0.6) is 17.2 Å². The molecule has 0 radical (unpaired) electrons. The number of rotatable bonds is 6. The van der Waals surface area contributed by atoms with E-state index in [1.54, 1.807) is 45.6 Å². The highest BCUT2D eigenvalue weighted by atomic mass is 127. The fourth-order valence-corrected chi connectivity index (χ4v) is 6.77. The van der Waals surface area contributed by atoms with Crippen LogP contribution in [0.4, 0.5) is 0 Å². The van der Waals surface area contributed by atoms with Gasteiger partial charge >= 0.3 is 7.12 Å². The third-order valence-electron chi connectivity index (χ3n) is 6.96. The van der Waals surface area contributed by atoms with Gasteiger partial charge in [0.05, 0.1) is 29.9 Å². The lowest BCUT2D eigenvalue weighted by Crippen LogP contribution is -2.29. The van der Waals surface area contributed by atoms with Crippen LogP contribution in [-0.2, 0) is 0 Å². The Balaban J connectivity index is 0.000000196. The number of halogens is 8. The zero-order chi connectivity index (χ0) is 39.1. The van der Waals surface area contributed by atoms with E-state index in [0.717, 1.165) is 47.5 Å². The Kier molecular flexibility index (Phi) is 19.5. The Hall–Kier alpha value is -2.35. The number of hydrogen-bond acceptors (Lipinski definition) is 5. The minimum atomic E-state index is -1.43. The van der Waals surface area contributed by atoms with Crippen LogP contribution in [0.25, 0.3) is 22.3 Å². The Bertz CT molecular complexity index is 2110. The lowest BCUT2D eigenvalue weighted by molar-refractivity contribution is 0.412. The van der Waals surface area contributed by atoms with Gasteiger partial charge in [0.2, 0.25) is 0 Å². The van der Waals surface area contributed by atoms with Crippen molar-refractivity contribution in [2.24, 2.45) is 0 Å². The zero-order valence-electron chi connectivity index (χ0n) is 28.3. The maximum atomic E-state index is 8.65. The normalized spacial score (nSPS) is 9.98. The van der Waals surface area contributed by atoms with Crippen molar-refractivity contribution in [3.63, 3.8) is 0 Å². The van der Waals surface area contributed by atoms with E-state index in [1.807, 2.05) is 91.0 Å². The van der Waals surface area contributed by atoms with E-state index < -0.39 is 7.12 Å². The molecule has 0 aliphatic heterocycles. The summed E-state index contributed by atoms with van der Waals surface area (Å²) in [6, 6.07) is 36.4. The molecule has 0 aliphatic carbocycles. The first-order chi connectivity index (χ1) is 25.3. The molecule has 5 nitrogen and oxygen atoms in total. The molecule has 0 heterocycles. The van der Waals surface area contributed by atoms with Gasteiger partial charge in [-0.1, -0.05) is 106 Å². The molecule has 0 atom stereocenters. The number of benzene rings is 6. The number of methoxy groups -OCH3 is 3. The van der Waals surface area contributed by atoms with Gasteiger partial charge in [-0.2, -0.15) is 0 Å². The topological polar surface area (TPSA) is 68.2 Å². The number of ether oxygens (including phenoxy) is 3. The van der Waals surface area contributed by atoms with Gasteiger partial charge in [-0.3, -0.25) is 0 Å². The summed E-state index contributed by atoms with van der Waals surface area (Å²) in [5.41, 5.74) is 4.22. The van der Waals surface area contributed by atoms with Crippen molar-refractivity contribution in [1.82, 2.24) is 0 Å². The van der Waals surface area contributed by atoms with E-state index in [2.05, 4.69) is 38.5 Å². The molecular formula is C39H31BBrCl6IO5. The molecule has 14 heteroatoms. The zero-order valence-corrected chi connectivity index (χ0v) is 36.5. The largest absolute Gasteiger partial charge is 0.497 e. The Morgan fingerprint density at radius 3 is 1.47 bits per heavy atom. The average Bonchev–Trinajstić information content (AvgIpc) is 3.14. The highest BCUT2D eigenvalue weighted by Gasteiger charge is 2.11. The summed E-state index contributed by atoms with van der Waals surface area (Å²) >= 11 is 41.1. The summed E-state index contributed by atoms with van der Waals surface area (Å²) in [5, 5.41) is 21.2. The van der Waals surface area contributed by atoms with Crippen molar-refractivity contribution in [3.8, 4) is 39.5 Å². The van der Waals surface area contributed by atoms with Crippen molar-refractivity contribution < 1.29 is 24.3 Å². The van der Waals surface area contributed by atoms with Gasteiger partial charge in [-0.15, -0.1) is 0 Å². The fraction of sp³-hybridized carbons (Fsp3) is 0.0769. The number of hydrogen-bond donors (Lipinski definition) is 2. The van der Waals surface area contributed by atoms with Gasteiger partial charge in [-0.25, -0.2) is 0 Å². The summed E-state index contributed by atoms with van der Waals surface area (Å²) in [6.07, 6.45) is 0. The Morgan fingerprint density at radius 2 is 1.02 bits per heavy atom. The van der Waals surface area contributed by atoms with E-state index in [0.29, 0.717) is 35.6 Å². The summed E-state index contributed by atoms with van der Waals surface area (Å²) in [7, 11) is 3.46. The van der Waals surface area contributed by atoms with Gasteiger partial charge in [0.15, 0.2) is 0 Å². The second kappa shape index (κ2) is 22.9. The lowest BCUT2D eigenvalue weighted by Gasteiger charge is -2.09. The van der Waals surface area contributed by atoms with Gasteiger partial charge in [0.1, 0.15) is 17.2 Å². The second-order valence-corrected chi connectivity index (χ2v) is 15.1. The van der Waals surface area contributed by atoms with Crippen LogP contribution in [-0.4, -0.2) is 38.5 Å². The molecule has 0 amide bonds. The van der Waals surface area contributed by atoms with E-state index in [9.17, 15) is 0 Å². The standard InChI is InChI=1S/C13H9Cl2IO.C13H10Cl2O.C7H6BrClO.C6H6BClO2/c1-17-13-6-10(11(15)7-12(13)16)8-3-2-4-9(14)5-8;1-16-11-5-6-13(15)12(8-11)9-3-2-4-10(14)7-9;1-10-5-2-3-7(9)6(8)4-5;8-6-3-1-2-5(4-6)7(9)10/h2-7H,1H3;2-8H,1H3;2-4H,1H3;1-4,9-10H. The maximum absolute atomic E-state index is 8.65. The van der Waals surface area contributed by atoms with E-state index in [-0.39, 0.29) is 0 Å². The molecule has 6 rings (SSSR count). The predicted molar refractivity (Wildman–Crippen MR) is 237 cm³/mol. The molecule has 6 aromatic rings. The van der Waals surface area contributed by atoms with Crippen molar-refractivity contribution in [3.05, 3.63) is 160 Å². The second-order valence-electron chi connectivity index (χ2n) is 10.5. The summed E-state index contributed by atoms with van der Waals surface area (Å²) < 4.78 is 17.3. The molecule has 0 unspecified atom stereocenters. The molecule has 0 saturated heterocycles. The molecule has 0 fully saturated rings. The molecule has 0 saturated carbocycles. The van der Waals surface area contributed by atoms with Crippen LogP contribution in [0.1, 0.15) is 0 Å². The molecule has 53 heavy (non-hydrogen) atoms. The van der Waals surface area contributed by atoms with Gasteiger partial charge < -0.3 is 24.3 Å². The summed E-state index contributed by atoms with van der Waals surface area (Å²) in [6.45, 7) is 0. The maximum Gasteiger partial charge on any atom is 0.488 e. The first-order valence-electron chi connectivity index (χ1n) is 15.2. The lowest BCUT2D eigenvalue weighted by atomic mass is 9.81. The van der Waals surface area contributed by atoms with Gasteiger partial charge in [0.25, 0.3) is 0 Å². The first kappa shape index (κ1) is 45.0. The summed E-state index contributed by atoms with van der Waals surface area (Å²) in [5.74, 6) is 2.39. The quantitative estimate of drug-likeness (QED) is 0.129. The monoisotopic (exact) mass is 1010 g/mol.